The molecule has 1 aromatic carbocycles. The van der Waals surface area contributed by atoms with Crippen molar-refractivity contribution in [2.24, 2.45) is 0 Å². The fourth-order valence-electron chi connectivity index (χ4n) is 1.70. The molecule has 0 aromatic heterocycles. The predicted octanol–water partition coefficient (Wildman–Crippen LogP) is -1.77. The molecule has 1 aliphatic rings. The molecule has 1 atom stereocenters. The number of aromatic carboxylic acids is 1. The van der Waals surface area contributed by atoms with Crippen LogP contribution in [0.15, 0.2) is 24.3 Å². The van der Waals surface area contributed by atoms with Crippen LogP contribution in [0.2, 0.25) is 0 Å². The van der Waals surface area contributed by atoms with Gasteiger partial charge in [0.15, 0.2) is 5.37 Å². The quantitative estimate of drug-likeness (QED) is 0.676. The Morgan fingerprint density at radius 3 is 2.62 bits per heavy atom. The highest BCUT2D eigenvalue weighted by Crippen LogP contribution is 2.28. The normalized spacial score (nSPS) is 17.9. The van der Waals surface area contributed by atoms with E-state index in [0.29, 0.717) is 22.3 Å². The Kier molecular flexibility index (Phi) is 4.13. The first-order valence-electron chi connectivity index (χ1n) is 5.68. The van der Waals surface area contributed by atoms with E-state index in [1.54, 1.807) is 0 Å². The van der Waals surface area contributed by atoms with Crippen molar-refractivity contribution in [2.75, 3.05) is 11.9 Å². The van der Waals surface area contributed by atoms with Gasteiger partial charge in [0, 0.05) is 5.69 Å². The lowest BCUT2D eigenvalue weighted by Gasteiger charge is -2.15. The first kappa shape index (κ1) is 14.9. The Labute approximate surface area is 122 Å². The monoisotopic (exact) mass is 308 g/mol. The summed E-state index contributed by atoms with van der Waals surface area (Å²) >= 11 is 0.605. The first-order valence-corrected chi connectivity index (χ1v) is 6.56. The molecule has 0 spiro atoms. The van der Waals surface area contributed by atoms with Gasteiger partial charge in [-0.2, -0.15) is 0 Å². The van der Waals surface area contributed by atoms with Crippen LogP contribution in [-0.4, -0.2) is 39.9 Å². The van der Waals surface area contributed by atoms with E-state index in [9.17, 15) is 29.4 Å². The number of thioether (sulfide) groups is 1. The Bertz CT molecular complexity index is 632. The van der Waals surface area contributed by atoms with Crippen molar-refractivity contribution in [2.45, 2.75) is 5.37 Å². The fourth-order valence-corrected chi connectivity index (χ4v) is 2.60. The molecule has 1 saturated heterocycles. The van der Waals surface area contributed by atoms with E-state index in [1.165, 1.54) is 24.3 Å². The van der Waals surface area contributed by atoms with Gasteiger partial charge < -0.3 is 25.1 Å². The number of amides is 2. The lowest BCUT2D eigenvalue weighted by Crippen LogP contribution is -2.42. The Morgan fingerprint density at radius 2 is 2.00 bits per heavy atom. The smallest absolute Gasteiger partial charge is 0.291 e. The molecule has 1 aromatic rings. The van der Waals surface area contributed by atoms with Crippen LogP contribution < -0.4 is 15.5 Å². The Morgan fingerprint density at radius 1 is 1.29 bits per heavy atom. The molecule has 8 nitrogen and oxygen atoms in total. The molecule has 1 N–H and O–H groups in total. The van der Waals surface area contributed by atoms with Gasteiger partial charge >= 0.3 is 0 Å². The largest absolute Gasteiger partial charge is 0.548 e. The third-order valence-electron chi connectivity index (χ3n) is 2.61. The topological polar surface area (TPSA) is 130 Å². The molecule has 9 heteroatoms. The number of carboxylic acid groups (broad SMARTS) is 2. The van der Waals surface area contributed by atoms with Gasteiger partial charge in [-0.1, -0.05) is 12.1 Å². The SMILES string of the molecule is O=C([O-])CN1C(=O)S[C@@H](Nc2cccc(C(=O)[O-])c2)C1=O. The van der Waals surface area contributed by atoms with E-state index in [1.807, 2.05) is 0 Å². The van der Waals surface area contributed by atoms with Crippen LogP contribution in [0.4, 0.5) is 10.5 Å². The number of carboxylic acids is 2. The number of hydrogen-bond donors (Lipinski definition) is 1. The number of imide groups is 1. The third kappa shape index (κ3) is 3.31. The van der Waals surface area contributed by atoms with Crippen LogP contribution in [0.1, 0.15) is 10.4 Å². The van der Waals surface area contributed by atoms with E-state index < -0.39 is 35.0 Å². The number of rotatable bonds is 5. The van der Waals surface area contributed by atoms with Crippen LogP contribution in [0, 0.1) is 0 Å². The second-order valence-electron chi connectivity index (χ2n) is 4.07. The van der Waals surface area contributed by atoms with Gasteiger partial charge in [0.25, 0.3) is 11.1 Å². The van der Waals surface area contributed by atoms with Crippen molar-refractivity contribution < 1.29 is 29.4 Å². The molecular formula is C12H8N2O6S-2. The minimum Gasteiger partial charge on any atom is -0.548 e. The highest BCUT2D eigenvalue weighted by Gasteiger charge is 2.39. The zero-order chi connectivity index (χ0) is 15.6. The van der Waals surface area contributed by atoms with Gasteiger partial charge in [-0.25, -0.2) is 0 Å². The molecule has 1 aliphatic heterocycles. The van der Waals surface area contributed by atoms with Crippen molar-refractivity contribution in [3.8, 4) is 0 Å². The van der Waals surface area contributed by atoms with Crippen LogP contribution >= 0.6 is 11.8 Å². The average molecular weight is 308 g/mol. The molecular weight excluding hydrogens is 300 g/mol. The molecule has 0 radical (unpaired) electrons. The Balaban J connectivity index is 2.12. The number of nitrogens with zero attached hydrogens (tertiary/aromatic N) is 1. The number of anilines is 1. The summed E-state index contributed by atoms with van der Waals surface area (Å²) < 4.78 is 0. The van der Waals surface area contributed by atoms with Crippen LogP contribution in [0.3, 0.4) is 0 Å². The van der Waals surface area contributed by atoms with Gasteiger partial charge in [0.05, 0.1) is 18.5 Å². The minimum absolute atomic E-state index is 0.0895. The number of aliphatic carboxylic acids is 1. The maximum Gasteiger partial charge on any atom is 0.291 e. The maximum atomic E-state index is 11.9. The van der Waals surface area contributed by atoms with E-state index in [-0.39, 0.29) is 5.56 Å². The molecule has 2 amide bonds. The molecule has 0 bridgehead atoms. The van der Waals surface area contributed by atoms with Crippen molar-refractivity contribution in [3.05, 3.63) is 29.8 Å². The van der Waals surface area contributed by atoms with Gasteiger partial charge in [0.1, 0.15) is 0 Å². The van der Waals surface area contributed by atoms with Crippen LogP contribution in [-0.2, 0) is 9.59 Å². The molecule has 0 saturated carbocycles. The highest BCUT2D eigenvalue weighted by atomic mass is 32.2. The first-order chi connectivity index (χ1) is 9.88. The molecule has 0 aliphatic carbocycles. The van der Waals surface area contributed by atoms with Gasteiger partial charge in [0.2, 0.25) is 0 Å². The summed E-state index contributed by atoms with van der Waals surface area (Å²) in [4.78, 5) is 45.2. The van der Waals surface area contributed by atoms with E-state index >= 15 is 0 Å². The summed E-state index contributed by atoms with van der Waals surface area (Å²) in [6.45, 7) is -0.818. The molecule has 110 valence electrons. The minimum atomic E-state index is -1.54. The lowest BCUT2D eigenvalue weighted by atomic mass is 10.2. The lowest BCUT2D eigenvalue weighted by molar-refractivity contribution is -0.305. The molecule has 2 rings (SSSR count). The Hall–Kier alpha value is -2.55. The van der Waals surface area contributed by atoms with Crippen molar-refractivity contribution in [1.29, 1.82) is 0 Å². The van der Waals surface area contributed by atoms with Crippen molar-refractivity contribution in [3.63, 3.8) is 0 Å². The second kappa shape index (κ2) is 5.83. The predicted molar refractivity (Wildman–Crippen MR) is 67.9 cm³/mol. The van der Waals surface area contributed by atoms with Crippen LogP contribution in [0.25, 0.3) is 0 Å². The van der Waals surface area contributed by atoms with Crippen LogP contribution in [0.5, 0.6) is 0 Å². The van der Waals surface area contributed by atoms with Crippen molar-refractivity contribution in [1.82, 2.24) is 4.90 Å². The highest BCUT2D eigenvalue weighted by molar-refractivity contribution is 8.15. The second-order valence-corrected chi connectivity index (χ2v) is 5.13. The zero-order valence-electron chi connectivity index (χ0n) is 10.4. The summed E-state index contributed by atoms with van der Waals surface area (Å²) in [5.74, 6) is -3.65. The molecule has 1 fully saturated rings. The summed E-state index contributed by atoms with van der Waals surface area (Å²) in [6, 6.07) is 5.51. The van der Waals surface area contributed by atoms with Gasteiger partial charge in [-0.05, 0) is 29.5 Å². The standard InChI is InChI=1S/C12H10N2O6S/c15-8(16)5-14-10(17)9(21-12(14)20)13-7-3-1-2-6(4-7)11(18)19/h1-4,9,13H,5H2,(H,15,16)(H,18,19)/p-2/t9-/m1/s1. The zero-order valence-corrected chi connectivity index (χ0v) is 11.2. The number of nitrogens with one attached hydrogen (secondary N) is 1. The number of carbonyl (C=O) groups excluding carboxylic acids is 4. The van der Waals surface area contributed by atoms with E-state index in [2.05, 4.69) is 5.32 Å². The van der Waals surface area contributed by atoms with Crippen molar-refractivity contribution >= 4 is 40.5 Å². The number of benzene rings is 1. The van der Waals surface area contributed by atoms with E-state index in [0.717, 1.165) is 0 Å². The van der Waals surface area contributed by atoms with E-state index in [4.69, 9.17) is 0 Å². The number of carbonyl (C=O) groups is 4. The summed E-state index contributed by atoms with van der Waals surface area (Å²) in [6.07, 6.45) is 0. The summed E-state index contributed by atoms with van der Waals surface area (Å²) in [5, 5.41) is 22.1. The third-order valence-corrected chi connectivity index (χ3v) is 3.59. The summed E-state index contributed by atoms with van der Waals surface area (Å²) in [5.41, 5.74) is 0.207. The summed E-state index contributed by atoms with van der Waals surface area (Å²) in [7, 11) is 0. The molecule has 1 heterocycles. The molecule has 21 heavy (non-hydrogen) atoms. The average Bonchev–Trinajstić information content (AvgIpc) is 2.66. The van der Waals surface area contributed by atoms with Gasteiger partial charge in [-0.3, -0.25) is 14.5 Å². The maximum absolute atomic E-state index is 11.9. The fraction of sp³-hybridized carbons (Fsp3) is 0.167. The van der Waals surface area contributed by atoms with Gasteiger partial charge in [-0.15, -0.1) is 0 Å². The number of hydrogen-bond acceptors (Lipinski definition) is 8. The molecule has 0 unspecified atom stereocenters.